The molecule has 3 rings (SSSR count). The number of aromatic nitrogens is 1. The highest BCUT2D eigenvalue weighted by molar-refractivity contribution is 7.15. The van der Waals surface area contributed by atoms with Gasteiger partial charge in [-0.15, -0.1) is 11.3 Å². The molecule has 0 atom stereocenters. The number of hydrogen-bond acceptors (Lipinski definition) is 4. The minimum atomic E-state index is 0.158. The Hall–Kier alpha value is -0.940. The molecule has 1 aromatic heterocycles. The van der Waals surface area contributed by atoms with Crippen LogP contribution in [0.3, 0.4) is 0 Å². The summed E-state index contributed by atoms with van der Waals surface area (Å²) < 4.78 is 0. The molecule has 86 valence electrons. The summed E-state index contributed by atoms with van der Waals surface area (Å²) in [6, 6.07) is 0. The van der Waals surface area contributed by atoms with Crippen molar-refractivity contribution in [3.8, 4) is 0 Å². The highest BCUT2D eigenvalue weighted by Crippen LogP contribution is 2.30. The van der Waals surface area contributed by atoms with E-state index in [1.54, 1.807) is 11.3 Å². The largest absolute Gasteiger partial charge is 0.311 e. The van der Waals surface area contributed by atoms with Gasteiger partial charge in [-0.1, -0.05) is 6.42 Å². The smallest absolute Gasteiger partial charge is 0.229 e. The number of thiazole rings is 1. The van der Waals surface area contributed by atoms with Crippen molar-refractivity contribution in [3.63, 3.8) is 0 Å². The molecule has 0 aromatic carbocycles. The van der Waals surface area contributed by atoms with Gasteiger partial charge in [-0.25, -0.2) is 4.98 Å². The number of carbonyl (C=O) groups excluding carboxylic acids is 1. The van der Waals surface area contributed by atoms with E-state index in [1.165, 1.54) is 11.3 Å². The van der Waals surface area contributed by atoms with Gasteiger partial charge in [0.05, 0.1) is 5.69 Å². The summed E-state index contributed by atoms with van der Waals surface area (Å²) in [5, 5.41) is 7.04. The van der Waals surface area contributed by atoms with E-state index in [1.807, 2.05) is 0 Å². The van der Waals surface area contributed by atoms with Crippen molar-refractivity contribution in [2.45, 2.75) is 32.2 Å². The van der Waals surface area contributed by atoms with Crippen molar-refractivity contribution in [3.05, 3.63) is 10.6 Å². The molecule has 1 aromatic rings. The molecular weight excluding hydrogens is 222 g/mol. The first-order chi connectivity index (χ1) is 7.83. The second-order valence-electron chi connectivity index (χ2n) is 4.43. The van der Waals surface area contributed by atoms with Crippen LogP contribution in [0.4, 0.5) is 5.13 Å². The molecule has 2 heterocycles. The predicted molar refractivity (Wildman–Crippen MR) is 63.5 cm³/mol. The van der Waals surface area contributed by atoms with Gasteiger partial charge in [-0.2, -0.15) is 0 Å². The number of amides is 1. The monoisotopic (exact) mass is 237 g/mol. The molecule has 0 saturated heterocycles. The molecule has 2 aliphatic rings. The van der Waals surface area contributed by atoms with Gasteiger partial charge >= 0.3 is 0 Å². The Morgan fingerprint density at radius 3 is 3.06 bits per heavy atom. The lowest BCUT2D eigenvalue weighted by Crippen LogP contribution is -2.28. The molecule has 1 saturated carbocycles. The molecule has 0 radical (unpaired) electrons. The molecule has 0 spiro atoms. The molecule has 1 aliphatic carbocycles. The van der Waals surface area contributed by atoms with E-state index in [9.17, 15) is 4.79 Å². The van der Waals surface area contributed by atoms with Crippen molar-refractivity contribution in [1.29, 1.82) is 0 Å². The van der Waals surface area contributed by atoms with E-state index in [0.717, 1.165) is 43.2 Å². The average molecular weight is 237 g/mol. The number of nitrogens with zero attached hydrogens (tertiary/aromatic N) is 1. The van der Waals surface area contributed by atoms with Gasteiger partial charge in [-0.3, -0.25) is 4.79 Å². The van der Waals surface area contributed by atoms with Crippen LogP contribution in [0.5, 0.6) is 0 Å². The number of carbonyl (C=O) groups is 1. The quantitative estimate of drug-likeness (QED) is 0.820. The van der Waals surface area contributed by atoms with Crippen LogP contribution >= 0.6 is 11.3 Å². The second-order valence-corrected chi connectivity index (χ2v) is 5.52. The summed E-state index contributed by atoms with van der Waals surface area (Å²) in [6.45, 7) is 1.89. The second kappa shape index (κ2) is 4.14. The lowest BCUT2D eigenvalue weighted by atomic mass is 9.85. The molecule has 0 unspecified atom stereocenters. The fraction of sp³-hybridized carbons (Fsp3) is 0.636. The Labute approximate surface area is 98.5 Å². The molecule has 0 bridgehead atoms. The van der Waals surface area contributed by atoms with Crippen LogP contribution in [0.25, 0.3) is 0 Å². The third-order valence-electron chi connectivity index (χ3n) is 3.31. The van der Waals surface area contributed by atoms with E-state index in [4.69, 9.17) is 0 Å². The zero-order chi connectivity index (χ0) is 11.0. The molecule has 1 fully saturated rings. The Kier molecular flexibility index (Phi) is 2.65. The summed E-state index contributed by atoms with van der Waals surface area (Å²) in [6.07, 6.45) is 4.25. The van der Waals surface area contributed by atoms with E-state index < -0.39 is 0 Å². The van der Waals surface area contributed by atoms with Gasteiger partial charge < -0.3 is 10.6 Å². The minimum Gasteiger partial charge on any atom is -0.311 e. The summed E-state index contributed by atoms with van der Waals surface area (Å²) in [5.74, 6) is 0.393. The summed E-state index contributed by atoms with van der Waals surface area (Å²) in [7, 11) is 0. The maximum absolute atomic E-state index is 11.7. The van der Waals surface area contributed by atoms with Crippen molar-refractivity contribution in [1.82, 2.24) is 10.3 Å². The van der Waals surface area contributed by atoms with Crippen molar-refractivity contribution < 1.29 is 4.79 Å². The lowest BCUT2D eigenvalue weighted by Gasteiger charge is -2.23. The van der Waals surface area contributed by atoms with Gasteiger partial charge in [0.2, 0.25) is 5.91 Å². The van der Waals surface area contributed by atoms with Crippen LogP contribution in [0.2, 0.25) is 0 Å². The highest BCUT2D eigenvalue weighted by Gasteiger charge is 2.26. The topological polar surface area (TPSA) is 54.0 Å². The lowest BCUT2D eigenvalue weighted by molar-refractivity contribution is -0.122. The first kappa shape index (κ1) is 10.2. The number of nitrogens with one attached hydrogen (secondary N) is 2. The SMILES string of the molecule is O=C(Nc1nc2c(s1)CNCC2)C1CCC1. The summed E-state index contributed by atoms with van der Waals surface area (Å²) >= 11 is 1.61. The van der Waals surface area contributed by atoms with Crippen LogP contribution in [-0.4, -0.2) is 17.4 Å². The minimum absolute atomic E-state index is 0.158. The Morgan fingerprint density at radius 2 is 2.38 bits per heavy atom. The van der Waals surface area contributed by atoms with Crippen LogP contribution in [0.15, 0.2) is 0 Å². The molecule has 4 nitrogen and oxygen atoms in total. The van der Waals surface area contributed by atoms with E-state index >= 15 is 0 Å². The van der Waals surface area contributed by atoms with Gasteiger partial charge in [0, 0.05) is 30.3 Å². The maximum atomic E-state index is 11.7. The van der Waals surface area contributed by atoms with Crippen molar-refractivity contribution in [2.24, 2.45) is 5.92 Å². The fourth-order valence-electron chi connectivity index (χ4n) is 2.06. The third-order valence-corrected chi connectivity index (χ3v) is 4.32. The molecule has 1 aliphatic heterocycles. The summed E-state index contributed by atoms with van der Waals surface area (Å²) in [4.78, 5) is 17.5. The molecule has 5 heteroatoms. The molecule has 2 N–H and O–H groups in total. The van der Waals surface area contributed by atoms with E-state index in [-0.39, 0.29) is 11.8 Å². The first-order valence-corrected chi connectivity index (χ1v) is 6.65. The van der Waals surface area contributed by atoms with Crippen LogP contribution < -0.4 is 10.6 Å². The van der Waals surface area contributed by atoms with Gasteiger partial charge in [-0.05, 0) is 12.8 Å². The summed E-state index contributed by atoms with van der Waals surface area (Å²) in [5.41, 5.74) is 1.16. The maximum Gasteiger partial charge on any atom is 0.229 e. The molecule has 16 heavy (non-hydrogen) atoms. The predicted octanol–water partition coefficient (Wildman–Crippen LogP) is 1.53. The number of fused-ring (bicyclic) bond motifs is 1. The Balaban J connectivity index is 1.69. The molecular formula is C11H15N3OS. The van der Waals surface area contributed by atoms with Crippen LogP contribution in [0, 0.1) is 5.92 Å². The first-order valence-electron chi connectivity index (χ1n) is 5.83. The van der Waals surface area contributed by atoms with Gasteiger partial charge in [0.25, 0.3) is 0 Å². The normalized spacial score (nSPS) is 20.0. The Morgan fingerprint density at radius 1 is 1.50 bits per heavy atom. The van der Waals surface area contributed by atoms with Gasteiger partial charge in [0.15, 0.2) is 5.13 Å². The highest BCUT2D eigenvalue weighted by atomic mass is 32.1. The third kappa shape index (κ3) is 1.85. The van der Waals surface area contributed by atoms with E-state index in [0.29, 0.717) is 0 Å². The number of hydrogen-bond donors (Lipinski definition) is 2. The fourth-order valence-corrected chi connectivity index (χ4v) is 3.04. The van der Waals surface area contributed by atoms with Crippen molar-refractivity contribution in [2.75, 3.05) is 11.9 Å². The Bertz CT molecular complexity index is 388. The zero-order valence-electron chi connectivity index (χ0n) is 9.08. The number of anilines is 1. The van der Waals surface area contributed by atoms with Crippen LogP contribution in [-0.2, 0) is 17.8 Å². The average Bonchev–Trinajstić information content (AvgIpc) is 2.56. The standard InChI is InChI=1S/C11H15N3OS/c15-10(7-2-1-3-7)14-11-13-8-4-5-12-6-9(8)16-11/h7,12H,1-6H2,(H,13,14,15). The zero-order valence-corrected chi connectivity index (χ0v) is 9.90. The van der Waals surface area contributed by atoms with E-state index in [2.05, 4.69) is 15.6 Å². The van der Waals surface area contributed by atoms with Crippen LogP contribution in [0.1, 0.15) is 29.8 Å². The van der Waals surface area contributed by atoms with Gasteiger partial charge in [0.1, 0.15) is 0 Å². The molecule has 1 amide bonds. The number of rotatable bonds is 2. The van der Waals surface area contributed by atoms with Crippen molar-refractivity contribution >= 4 is 22.4 Å².